The number of unbranched alkanes of at least 4 members (excludes halogenated alkanes) is 31. The third kappa shape index (κ3) is 73.2. The Kier molecular flexibility index (Phi) is 66.5. The maximum Gasteiger partial charge on any atom is 0.472 e. The van der Waals surface area contributed by atoms with Gasteiger partial charge in [0.25, 0.3) is 0 Å². The number of quaternary nitrogens is 1. The van der Waals surface area contributed by atoms with E-state index in [9.17, 15) is 19.0 Å². The van der Waals surface area contributed by atoms with Crippen LogP contribution in [0.25, 0.3) is 0 Å². The molecule has 0 aromatic rings. The highest BCUT2D eigenvalue weighted by molar-refractivity contribution is 7.47. The smallest absolute Gasteiger partial charge is 0.462 e. The summed E-state index contributed by atoms with van der Waals surface area (Å²) in [5, 5.41) is 0. The number of allylic oxidation sites excluding steroid dienone is 22. The summed E-state index contributed by atoms with van der Waals surface area (Å²) in [6.07, 6.45) is 101. The van der Waals surface area contributed by atoms with E-state index in [1.807, 2.05) is 21.1 Å². The third-order valence-electron chi connectivity index (χ3n) is 15.7. The van der Waals surface area contributed by atoms with Crippen molar-refractivity contribution in [2.24, 2.45) is 0 Å². The van der Waals surface area contributed by atoms with Crippen molar-refractivity contribution in [2.75, 3.05) is 47.5 Å². The van der Waals surface area contributed by atoms with Gasteiger partial charge in [0.05, 0.1) is 27.7 Å². The van der Waals surface area contributed by atoms with Crippen LogP contribution in [0.2, 0.25) is 0 Å². The standard InChI is InChI=1S/C80H138NO8P/c1-6-8-10-12-14-16-18-20-22-24-26-28-30-32-33-34-35-36-37-38-39-40-41-42-43-44-45-46-47-49-51-53-55-57-59-61-63-65-67-69-71-73-80(83)89-78(77-88-90(84,85)87-75-74-81(3,4)5)76-86-79(82)72-70-68-66-64-62-60-58-56-54-52-50-48-31-29-27-25-23-21-19-17-15-13-11-9-7-2/h8,10,14,16,19-22,25-28,32-33,35-36,38-39,41-42,44-45,78H,6-7,9,11-13,15,17-18,23-24,29-31,34,37,40,43,46-77H2,1-5H3/p+1/b10-8-,16-14-,21-19-,22-20-,27-25-,28-26-,33-32-,36-35-,39-38-,42-41-,45-44-. The molecule has 2 unspecified atom stereocenters. The number of hydrogen-bond donors (Lipinski definition) is 1. The van der Waals surface area contributed by atoms with Gasteiger partial charge in [-0.25, -0.2) is 4.57 Å². The molecule has 10 heteroatoms. The zero-order valence-corrected chi connectivity index (χ0v) is 59.7. The molecule has 0 heterocycles. The fourth-order valence-electron chi connectivity index (χ4n) is 10.0. The Morgan fingerprint density at radius 1 is 0.356 bits per heavy atom. The van der Waals surface area contributed by atoms with E-state index in [1.54, 1.807) is 0 Å². The fourth-order valence-corrected chi connectivity index (χ4v) is 10.8. The molecule has 0 aliphatic rings. The predicted octanol–water partition coefficient (Wildman–Crippen LogP) is 24.4. The van der Waals surface area contributed by atoms with Crippen molar-refractivity contribution >= 4 is 19.8 Å². The average molecular weight is 1270 g/mol. The number of esters is 2. The van der Waals surface area contributed by atoms with Crippen LogP contribution < -0.4 is 0 Å². The molecule has 516 valence electrons. The van der Waals surface area contributed by atoms with Gasteiger partial charge in [0.2, 0.25) is 0 Å². The number of phosphoric ester groups is 1. The second-order valence-corrected chi connectivity index (χ2v) is 27.0. The van der Waals surface area contributed by atoms with Gasteiger partial charge >= 0.3 is 19.8 Å². The van der Waals surface area contributed by atoms with Crippen molar-refractivity contribution < 1.29 is 42.1 Å². The lowest BCUT2D eigenvalue weighted by atomic mass is 10.0. The van der Waals surface area contributed by atoms with Crippen molar-refractivity contribution in [3.8, 4) is 0 Å². The van der Waals surface area contributed by atoms with Gasteiger partial charge in [0, 0.05) is 12.8 Å². The van der Waals surface area contributed by atoms with Crippen LogP contribution in [-0.2, 0) is 32.7 Å². The van der Waals surface area contributed by atoms with E-state index in [0.29, 0.717) is 17.4 Å². The molecule has 0 saturated heterocycles. The van der Waals surface area contributed by atoms with E-state index >= 15 is 0 Å². The second kappa shape index (κ2) is 69.5. The number of rotatable bonds is 67. The lowest BCUT2D eigenvalue weighted by molar-refractivity contribution is -0.870. The summed E-state index contributed by atoms with van der Waals surface area (Å²) < 4.78 is 34.8. The Morgan fingerprint density at radius 3 is 0.944 bits per heavy atom. The Bertz CT molecular complexity index is 1980. The molecule has 90 heavy (non-hydrogen) atoms. The first kappa shape index (κ1) is 86.2. The highest BCUT2D eigenvalue weighted by Gasteiger charge is 2.27. The van der Waals surface area contributed by atoms with Gasteiger partial charge in [-0.2, -0.15) is 0 Å². The number of likely N-dealkylation sites (N-methyl/N-ethyl adjacent to an activating group) is 1. The number of ether oxygens (including phenoxy) is 2. The van der Waals surface area contributed by atoms with E-state index in [0.717, 1.165) is 103 Å². The molecule has 9 nitrogen and oxygen atoms in total. The molecule has 1 N–H and O–H groups in total. The third-order valence-corrected chi connectivity index (χ3v) is 16.6. The van der Waals surface area contributed by atoms with Crippen LogP contribution >= 0.6 is 7.82 Å². The maximum absolute atomic E-state index is 12.9. The SMILES string of the molecule is CC/C=C\C/C=C\C/C=C\C/C=C\C/C=C\C/C=C\C/C=C\C/C=C\C/C=C\CCCCCCCCCCCCCCCC(=O)OC(COC(=O)CCCCCCCCCCCCCCC/C=C\C/C=C\CCCCCCC)COP(=O)(O)OCC[N+](C)(C)C. The minimum absolute atomic E-state index is 0.0272. The first-order valence-corrected chi connectivity index (χ1v) is 38.4. The van der Waals surface area contributed by atoms with E-state index in [-0.39, 0.29) is 32.0 Å². The number of phosphoric acid groups is 1. The zero-order chi connectivity index (χ0) is 65.5. The van der Waals surface area contributed by atoms with Crippen molar-refractivity contribution in [2.45, 2.75) is 315 Å². The van der Waals surface area contributed by atoms with Crippen molar-refractivity contribution in [3.05, 3.63) is 134 Å². The Labute approximate surface area is 555 Å². The van der Waals surface area contributed by atoms with Crippen molar-refractivity contribution in [1.82, 2.24) is 0 Å². The molecule has 0 radical (unpaired) electrons. The highest BCUT2D eigenvalue weighted by Crippen LogP contribution is 2.43. The van der Waals surface area contributed by atoms with Crippen LogP contribution in [0.1, 0.15) is 309 Å². The first-order valence-electron chi connectivity index (χ1n) is 36.9. The van der Waals surface area contributed by atoms with E-state index < -0.39 is 26.5 Å². The maximum atomic E-state index is 12.9. The summed E-state index contributed by atoms with van der Waals surface area (Å²) >= 11 is 0. The van der Waals surface area contributed by atoms with Crippen LogP contribution in [-0.4, -0.2) is 74.9 Å². The molecule has 0 aliphatic heterocycles. The summed E-state index contributed by atoms with van der Waals surface area (Å²) in [5.74, 6) is -0.796. The predicted molar refractivity (Wildman–Crippen MR) is 390 cm³/mol. The Balaban J connectivity index is 4.04. The van der Waals surface area contributed by atoms with Gasteiger partial charge < -0.3 is 18.9 Å². The lowest BCUT2D eigenvalue weighted by Gasteiger charge is -2.24. The molecule has 2 atom stereocenters. The fraction of sp³-hybridized carbons (Fsp3) is 0.700. The van der Waals surface area contributed by atoms with E-state index in [2.05, 4.69) is 148 Å². The molecule has 0 aromatic carbocycles. The highest BCUT2D eigenvalue weighted by atomic mass is 31.2. The summed E-state index contributed by atoms with van der Waals surface area (Å²) in [6.45, 7) is 4.33. The topological polar surface area (TPSA) is 108 Å². The van der Waals surface area contributed by atoms with Crippen molar-refractivity contribution in [3.63, 3.8) is 0 Å². The molecule has 0 saturated carbocycles. The first-order chi connectivity index (χ1) is 44.0. The molecular formula is C80H139NO8P+. The molecule has 0 spiro atoms. The van der Waals surface area contributed by atoms with Crippen LogP contribution in [0.4, 0.5) is 0 Å². The largest absolute Gasteiger partial charge is 0.472 e. The van der Waals surface area contributed by atoms with Crippen LogP contribution in [0.15, 0.2) is 134 Å². The molecule has 0 rings (SSSR count). The van der Waals surface area contributed by atoms with Crippen LogP contribution in [0.3, 0.4) is 0 Å². The quantitative estimate of drug-likeness (QED) is 0.0211. The molecule has 0 amide bonds. The summed E-state index contributed by atoms with van der Waals surface area (Å²) in [7, 11) is 1.47. The van der Waals surface area contributed by atoms with Gasteiger partial charge in [-0.1, -0.05) is 314 Å². The lowest BCUT2D eigenvalue weighted by Crippen LogP contribution is -2.37. The number of carbonyl (C=O) groups excluding carboxylic acids is 2. The van der Waals surface area contributed by atoms with Gasteiger partial charge in [-0.05, 0) is 116 Å². The molecule has 0 aromatic heterocycles. The zero-order valence-electron chi connectivity index (χ0n) is 58.8. The van der Waals surface area contributed by atoms with Crippen LogP contribution in [0.5, 0.6) is 0 Å². The summed E-state index contributed by atoms with van der Waals surface area (Å²) in [5.41, 5.74) is 0. The minimum Gasteiger partial charge on any atom is -0.462 e. The van der Waals surface area contributed by atoms with Gasteiger partial charge in [-0.3, -0.25) is 18.6 Å². The van der Waals surface area contributed by atoms with Crippen LogP contribution in [0, 0.1) is 0 Å². The Morgan fingerprint density at radius 2 is 0.633 bits per heavy atom. The second-order valence-electron chi connectivity index (χ2n) is 25.6. The van der Waals surface area contributed by atoms with Gasteiger partial charge in [-0.15, -0.1) is 0 Å². The van der Waals surface area contributed by atoms with Gasteiger partial charge in [0.15, 0.2) is 6.10 Å². The molecule has 0 fully saturated rings. The molecule has 0 bridgehead atoms. The Hall–Kier alpha value is -3.85. The summed E-state index contributed by atoms with van der Waals surface area (Å²) in [4.78, 5) is 35.9. The van der Waals surface area contributed by atoms with Gasteiger partial charge in [0.1, 0.15) is 19.8 Å². The number of nitrogens with zero attached hydrogens (tertiary/aromatic N) is 1. The average Bonchev–Trinajstić information content (AvgIpc) is 3.62. The molecule has 0 aliphatic carbocycles. The number of hydrogen-bond acceptors (Lipinski definition) is 7. The normalized spacial score (nSPS) is 13.9. The van der Waals surface area contributed by atoms with E-state index in [1.165, 1.54) is 173 Å². The monoisotopic (exact) mass is 1270 g/mol. The van der Waals surface area contributed by atoms with E-state index in [4.69, 9.17) is 18.5 Å². The minimum atomic E-state index is -4.40. The number of carbonyl (C=O) groups is 2. The molecular weight excluding hydrogens is 1130 g/mol. The summed E-state index contributed by atoms with van der Waals surface area (Å²) in [6, 6.07) is 0. The van der Waals surface area contributed by atoms with Crippen molar-refractivity contribution in [1.29, 1.82) is 0 Å².